The first-order valence-electron chi connectivity index (χ1n) is 6.70. The van der Waals surface area contributed by atoms with Crippen LogP contribution in [0.4, 0.5) is 0 Å². The summed E-state index contributed by atoms with van der Waals surface area (Å²) in [5.41, 5.74) is -0.179. The summed E-state index contributed by atoms with van der Waals surface area (Å²) in [4.78, 5) is 16.1. The van der Waals surface area contributed by atoms with E-state index < -0.39 is 5.54 Å². The Hall–Kier alpha value is -0.840. The van der Waals surface area contributed by atoms with E-state index in [4.69, 9.17) is 23.2 Å². The van der Waals surface area contributed by atoms with E-state index in [2.05, 4.69) is 17.2 Å². The van der Waals surface area contributed by atoms with Gasteiger partial charge >= 0.3 is 0 Å². The molecule has 0 aromatic carbocycles. The molecule has 1 aliphatic carbocycles. The lowest BCUT2D eigenvalue weighted by molar-refractivity contribution is 0.0717. The Morgan fingerprint density at radius 1 is 1.50 bits per heavy atom. The molecule has 0 spiro atoms. The monoisotopic (exact) mass is 316 g/mol. The van der Waals surface area contributed by atoms with Gasteiger partial charge in [0, 0.05) is 6.20 Å². The first kappa shape index (κ1) is 15.5. The van der Waals surface area contributed by atoms with Gasteiger partial charge in [0.05, 0.1) is 22.7 Å². The molecule has 1 aliphatic rings. The number of rotatable bonds is 3. The van der Waals surface area contributed by atoms with Crippen LogP contribution in [-0.2, 0) is 0 Å². The lowest BCUT2D eigenvalue weighted by atomic mass is 9.77. The van der Waals surface area contributed by atoms with Gasteiger partial charge in [0.2, 0.25) is 0 Å². The summed E-state index contributed by atoms with van der Waals surface area (Å²) >= 11 is 11.6. The molecule has 2 N–H and O–H groups in total. The van der Waals surface area contributed by atoms with Crippen LogP contribution in [0.15, 0.2) is 12.3 Å². The van der Waals surface area contributed by atoms with Crippen LogP contribution in [0.3, 0.4) is 0 Å². The number of pyridine rings is 1. The van der Waals surface area contributed by atoms with Gasteiger partial charge in [0.15, 0.2) is 0 Å². The number of amides is 1. The quantitative estimate of drug-likeness (QED) is 0.842. The predicted molar refractivity (Wildman–Crippen MR) is 79.2 cm³/mol. The highest BCUT2D eigenvalue weighted by molar-refractivity contribution is 6.41. The molecular weight excluding hydrogens is 299 g/mol. The van der Waals surface area contributed by atoms with Crippen molar-refractivity contribution >= 4 is 29.1 Å². The molecule has 1 amide bonds. The van der Waals surface area contributed by atoms with Gasteiger partial charge in [-0.1, -0.05) is 30.1 Å². The Balaban J connectivity index is 2.11. The van der Waals surface area contributed by atoms with Gasteiger partial charge in [-0.3, -0.25) is 4.79 Å². The number of halogens is 2. The first-order valence-corrected chi connectivity index (χ1v) is 7.46. The summed E-state index contributed by atoms with van der Waals surface area (Å²) in [6, 6.07) is 1.49. The third-order valence-corrected chi connectivity index (χ3v) is 4.66. The van der Waals surface area contributed by atoms with Crippen molar-refractivity contribution in [2.24, 2.45) is 5.92 Å². The first-order chi connectivity index (χ1) is 9.46. The summed E-state index contributed by atoms with van der Waals surface area (Å²) in [5.74, 6) is 0.359. The highest BCUT2D eigenvalue weighted by Gasteiger charge is 2.35. The fourth-order valence-corrected chi connectivity index (χ4v) is 2.77. The number of hydrogen-bond acceptors (Lipinski definition) is 3. The van der Waals surface area contributed by atoms with E-state index in [0.29, 0.717) is 11.5 Å². The molecule has 1 aromatic rings. The van der Waals surface area contributed by atoms with Crippen LogP contribution in [0.2, 0.25) is 10.2 Å². The molecule has 2 rings (SSSR count). The van der Waals surface area contributed by atoms with E-state index in [9.17, 15) is 9.90 Å². The summed E-state index contributed by atoms with van der Waals surface area (Å²) < 4.78 is 0. The van der Waals surface area contributed by atoms with Gasteiger partial charge in [-0.05, 0) is 37.7 Å². The Bertz CT molecular complexity index is 500. The normalized spacial score (nSPS) is 26.3. The van der Waals surface area contributed by atoms with Gasteiger partial charge in [-0.25, -0.2) is 4.98 Å². The van der Waals surface area contributed by atoms with Crippen molar-refractivity contribution in [1.29, 1.82) is 0 Å². The average Bonchev–Trinajstić information content (AvgIpc) is 2.44. The number of aliphatic hydroxyl groups excluding tert-OH is 1. The van der Waals surface area contributed by atoms with E-state index in [-0.39, 0.29) is 22.7 Å². The number of carbonyl (C=O) groups excluding carboxylic acids is 1. The van der Waals surface area contributed by atoms with Gasteiger partial charge in [-0.15, -0.1) is 0 Å². The maximum absolute atomic E-state index is 12.3. The van der Waals surface area contributed by atoms with Crippen molar-refractivity contribution in [2.45, 2.75) is 38.1 Å². The van der Waals surface area contributed by atoms with Gasteiger partial charge in [-0.2, -0.15) is 0 Å². The minimum absolute atomic E-state index is 0.0553. The molecule has 1 heterocycles. The molecule has 0 saturated heterocycles. The lowest BCUT2D eigenvalue weighted by Crippen LogP contribution is -2.53. The minimum atomic E-state index is -0.532. The third kappa shape index (κ3) is 3.43. The predicted octanol–water partition coefficient (Wildman–Crippen LogP) is 3.06. The molecule has 110 valence electrons. The summed E-state index contributed by atoms with van der Waals surface area (Å²) in [6.45, 7) is 2.13. The van der Waals surface area contributed by atoms with Gasteiger partial charge in [0.1, 0.15) is 5.15 Å². The molecule has 0 unspecified atom stereocenters. The van der Waals surface area contributed by atoms with Crippen molar-refractivity contribution in [2.75, 3.05) is 6.61 Å². The molecule has 1 fully saturated rings. The molecule has 0 bridgehead atoms. The molecular formula is C14H18Cl2N2O2. The van der Waals surface area contributed by atoms with Crippen molar-refractivity contribution in [3.8, 4) is 0 Å². The van der Waals surface area contributed by atoms with E-state index in [0.717, 1.165) is 25.7 Å². The summed E-state index contributed by atoms with van der Waals surface area (Å²) in [7, 11) is 0. The summed E-state index contributed by atoms with van der Waals surface area (Å²) in [5, 5.41) is 13.0. The molecule has 0 aliphatic heterocycles. The maximum atomic E-state index is 12.3. The SMILES string of the molecule is CC1CCC(CO)(NC(=O)c2cnc(Cl)c(Cl)c2)CC1. The topological polar surface area (TPSA) is 62.2 Å². The van der Waals surface area contributed by atoms with Gasteiger partial charge < -0.3 is 10.4 Å². The van der Waals surface area contributed by atoms with Gasteiger partial charge in [0.25, 0.3) is 5.91 Å². The second-order valence-corrected chi connectivity index (χ2v) is 6.34. The molecule has 0 atom stereocenters. The van der Waals surface area contributed by atoms with Crippen molar-refractivity contribution in [3.63, 3.8) is 0 Å². The molecule has 1 aromatic heterocycles. The molecule has 0 radical (unpaired) electrons. The van der Waals surface area contributed by atoms with Crippen molar-refractivity contribution in [1.82, 2.24) is 10.3 Å². The Morgan fingerprint density at radius 2 is 2.15 bits per heavy atom. The van der Waals surface area contributed by atoms with E-state index >= 15 is 0 Å². The lowest BCUT2D eigenvalue weighted by Gasteiger charge is -2.38. The zero-order valence-electron chi connectivity index (χ0n) is 11.3. The van der Waals surface area contributed by atoms with Crippen LogP contribution in [0.5, 0.6) is 0 Å². The van der Waals surface area contributed by atoms with Crippen LogP contribution >= 0.6 is 23.2 Å². The average molecular weight is 317 g/mol. The van der Waals surface area contributed by atoms with Crippen LogP contribution in [-0.4, -0.2) is 28.1 Å². The number of carbonyl (C=O) groups is 1. The Labute approximate surface area is 128 Å². The standard InChI is InChI=1S/C14H18Cl2N2O2/c1-9-2-4-14(8-19,5-3-9)18-13(20)10-6-11(15)12(16)17-7-10/h6-7,9,19H,2-5,8H2,1H3,(H,18,20). The van der Waals surface area contributed by atoms with Crippen LogP contribution < -0.4 is 5.32 Å². The molecule has 1 saturated carbocycles. The largest absolute Gasteiger partial charge is 0.394 e. The van der Waals surface area contributed by atoms with Crippen LogP contribution in [0.1, 0.15) is 43.0 Å². The highest BCUT2D eigenvalue weighted by Crippen LogP contribution is 2.32. The number of nitrogens with zero attached hydrogens (tertiary/aromatic N) is 1. The van der Waals surface area contributed by atoms with E-state index in [1.807, 2.05) is 0 Å². The smallest absolute Gasteiger partial charge is 0.253 e. The fourth-order valence-electron chi connectivity index (χ4n) is 2.50. The third-order valence-electron chi connectivity index (χ3n) is 3.97. The zero-order valence-corrected chi connectivity index (χ0v) is 12.8. The number of nitrogens with one attached hydrogen (secondary N) is 1. The number of aromatic nitrogens is 1. The Kier molecular flexibility index (Phi) is 4.89. The van der Waals surface area contributed by atoms with E-state index in [1.165, 1.54) is 12.3 Å². The second kappa shape index (κ2) is 6.29. The highest BCUT2D eigenvalue weighted by atomic mass is 35.5. The number of hydrogen-bond donors (Lipinski definition) is 2. The molecule has 20 heavy (non-hydrogen) atoms. The van der Waals surface area contributed by atoms with E-state index in [1.54, 1.807) is 0 Å². The Morgan fingerprint density at radius 3 is 2.70 bits per heavy atom. The second-order valence-electron chi connectivity index (χ2n) is 5.57. The zero-order chi connectivity index (χ0) is 14.8. The fraction of sp³-hybridized carbons (Fsp3) is 0.571. The van der Waals surface area contributed by atoms with Crippen molar-refractivity contribution < 1.29 is 9.90 Å². The molecule has 4 nitrogen and oxygen atoms in total. The van der Waals surface area contributed by atoms with Crippen LogP contribution in [0, 0.1) is 5.92 Å². The maximum Gasteiger partial charge on any atom is 0.253 e. The number of aliphatic hydroxyl groups is 1. The molecule has 6 heteroatoms. The minimum Gasteiger partial charge on any atom is -0.394 e. The summed E-state index contributed by atoms with van der Waals surface area (Å²) in [6.07, 6.45) is 4.96. The van der Waals surface area contributed by atoms with Crippen molar-refractivity contribution in [3.05, 3.63) is 28.0 Å². The van der Waals surface area contributed by atoms with Crippen LogP contribution in [0.25, 0.3) is 0 Å².